The summed E-state index contributed by atoms with van der Waals surface area (Å²) in [6.07, 6.45) is 3.49. The maximum atomic E-state index is 11.3. The van der Waals surface area contributed by atoms with Gasteiger partial charge in [-0.15, -0.1) is 0 Å². The van der Waals surface area contributed by atoms with Gasteiger partial charge in [-0.1, -0.05) is 36.9 Å². The molecule has 2 heteroatoms. The van der Waals surface area contributed by atoms with Gasteiger partial charge in [0.05, 0.1) is 12.7 Å². The lowest BCUT2D eigenvalue weighted by molar-refractivity contribution is -0.135. The Labute approximate surface area is 89.2 Å². The van der Waals surface area contributed by atoms with Crippen LogP contribution in [0.1, 0.15) is 6.92 Å². The Morgan fingerprint density at radius 1 is 1.40 bits per heavy atom. The zero-order valence-corrected chi connectivity index (χ0v) is 8.99. The topological polar surface area (TPSA) is 26.3 Å². The molecular formula is C13H14O2. The Morgan fingerprint density at radius 2 is 2.07 bits per heavy atom. The molecule has 0 radical (unpaired) electrons. The van der Waals surface area contributed by atoms with Crippen molar-refractivity contribution in [2.24, 2.45) is 0 Å². The highest BCUT2D eigenvalue weighted by Crippen LogP contribution is 1.98. The third kappa shape index (κ3) is 2.81. The molecule has 0 saturated heterocycles. The van der Waals surface area contributed by atoms with Gasteiger partial charge >= 0.3 is 5.97 Å². The minimum absolute atomic E-state index is 0.333. The van der Waals surface area contributed by atoms with Crippen molar-refractivity contribution < 1.29 is 9.53 Å². The van der Waals surface area contributed by atoms with Crippen molar-refractivity contribution in [2.75, 3.05) is 7.11 Å². The summed E-state index contributed by atoms with van der Waals surface area (Å²) in [5.41, 5.74) is 0.536. The van der Waals surface area contributed by atoms with Gasteiger partial charge in [-0.25, -0.2) is 4.79 Å². The number of carbonyl (C=O) groups excluding carboxylic acids is 1. The normalized spacial score (nSPS) is 12.7. The van der Waals surface area contributed by atoms with E-state index in [-0.39, 0.29) is 5.97 Å². The highest BCUT2D eigenvalue weighted by Gasteiger charge is 2.03. The average Bonchev–Trinajstić information content (AvgIpc) is 2.27. The zero-order valence-electron chi connectivity index (χ0n) is 8.99. The number of hydrogen-bond donors (Lipinski definition) is 0. The molecule has 15 heavy (non-hydrogen) atoms. The lowest BCUT2D eigenvalue weighted by Crippen LogP contribution is -2.23. The standard InChI is InChI=1S/C13H14O2/c1-4-11(13(14)15-3)9-12-8-6-5-7-10(12)2/h4-9H,2H2,1,3H3/b11-4-,12-9-. The average molecular weight is 202 g/mol. The van der Waals surface area contributed by atoms with Crippen molar-refractivity contribution in [2.45, 2.75) is 6.92 Å². The molecule has 0 unspecified atom stereocenters. The van der Waals surface area contributed by atoms with Crippen molar-refractivity contribution in [3.05, 3.63) is 46.4 Å². The van der Waals surface area contributed by atoms with E-state index in [1.54, 1.807) is 19.1 Å². The van der Waals surface area contributed by atoms with Crippen molar-refractivity contribution in [1.29, 1.82) is 0 Å². The summed E-state index contributed by atoms with van der Waals surface area (Å²) >= 11 is 0. The summed E-state index contributed by atoms with van der Waals surface area (Å²) in [6.45, 7) is 5.68. The molecule has 0 aromatic heterocycles. The van der Waals surface area contributed by atoms with Crippen LogP contribution in [0, 0.1) is 0 Å². The molecule has 0 aliphatic rings. The van der Waals surface area contributed by atoms with Gasteiger partial charge in [-0.3, -0.25) is 0 Å². The molecule has 1 aromatic rings. The minimum atomic E-state index is -0.333. The Kier molecular flexibility index (Phi) is 3.86. The summed E-state index contributed by atoms with van der Waals surface area (Å²) in [6, 6.07) is 7.63. The van der Waals surface area contributed by atoms with E-state index in [0.29, 0.717) is 5.57 Å². The Bertz CT molecular complexity index is 484. The zero-order chi connectivity index (χ0) is 11.3. The van der Waals surface area contributed by atoms with Crippen LogP contribution in [-0.2, 0) is 9.53 Å². The SMILES string of the molecule is C=c1cccc/c1=C/C(=C/C)C(=O)OC. The van der Waals surface area contributed by atoms with Crippen molar-refractivity contribution in [1.82, 2.24) is 0 Å². The van der Waals surface area contributed by atoms with Crippen molar-refractivity contribution >= 4 is 18.6 Å². The molecule has 0 amide bonds. The van der Waals surface area contributed by atoms with Crippen LogP contribution < -0.4 is 10.4 Å². The highest BCUT2D eigenvalue weighted by atomic mass is 16.5. The predicted octanol–water partition coefficient (Wildman–Crippen LogP) is 0.997. The number of hydrogen-bond acceptors (Lipinski definition) is 2. The van der Waals surface area contributed by atoms with Gasteiger partial charge in [0, 0.05) is 0 Å². The Balaban J connectivity index is 3.23. The van der Waals surface area contributed by atoms with Crippen LogP contribution in [0.5, 0.6) is 0 Å². The lowest BCUT2D eigenvalue weighted by atomic mass is 10.1. The number of carbonyl (C=O) groups is 1. The van der Waals surface area contributed by atoms with Gasteiger partial charge in [0.1, 0.15) is 0 Å². The van der Waals surface area contributed by atoms with Crippen LogP contribution in [0.2, 0.25) is 0 Å². The molecule has 0 spiro atoms. The van der Waals surface area contributed by atoms with E-state index in [1.807, 2.05) is 24.3 Å². The van der Waals surface area contributed by atoms with E-state index in [2.05, 4.69) is 11.3 Å². The fourth-order valence-corrected chi connectivity index (χ4v) is 1.22. The quantitative estimate of drug-likeness (QED) is 0.528. The van der Waals surface area contributed by atoms with Crippen LogP contribution in [0.15, 0.2) is 35.9 Å². The number of allylic oxidation sites excluding steroid dienone is 1. The van der Waals surface area contributed by atoms with E-state index in [1.165, 1.54) is 7.11 Å². The third-order valence-electron chi connectivity index (χ3n) is 2.10. The van der Waals surface area contributed by atoms with Crippen LogP contribution >= 0.6 is 0 Å². The van der Waals surface area contributed by atoms with Gasteiger partial charge in [0.15, 0.2) is 0 Å². The summed E-state index contributed by atoms with van der Waals surface area (Å²) in [5.74, 6) is -0.333. The van der Waals surface area contributed by atoms with Crippen LogP contribution in [0.25, 0.3) is 12.7 Å². The van der Waals surface area contributed by atoms with E-state index < -0.39 is 0 Å². The molecule has 78 valence electrons. The second-order valence-corrected chi connectivity index (χ2v) is 3.08. The largest absolute Gasteiger partial charge is 0.465 e. The smallest absolute Gasteiger partial charge is 0.337 e. The molecule has 0 atom stereocenters. The number of ether oxygens (including phenoxy) is 1. The number of rotatable bonds is 2. The van der Waals surface area contributed by atoms with Crippen molar-refractivity contribution in [3.8, 4) is 0 Å². The lowest BCUT2D eigenvalue weighted by Gasteiger charge is -1.98. The summed E-state index contributed by atoms with van der Waals surface area (Å²) in [5, 5.41) is 1.82. The van der Waals surface area contributed by atoms with Gasteiger partial charge in [-0.05, 0) is 23.4 Å². The van der Waals surface area contributed by atoms with Crippen LogP contribution in [0.4, 0.5) is 0 Å². The van der Waals surface area contributed by atoms with Gasteiger partial charge in [0.2, 0.25) is 0 Å². The minimum Gasteiger partial charge on any atom is -0.465 e. The summed E-state index contributed by atoms with van der Waals surface area (Å²) < 4.78 is 4.66. The molecule has 0 fully saturated rings. The Hall–Kier alpha value is -1.83. The van der Waals surface area contributed by atoms with Gasteiger partial charge in [0.25, 0.3) is 0 Å². The first-order valence-electron chi connectivity index (χ1n) is 4.69. The maximum absolute atomic E-state index is 11.3. The molecule has 0 aliphatic heterocycles. The molecule has 0 N–H and O–H groups in total. The number of methoxy groups -OCH3 is 1. The molecule has 2 nitrogen and oxygen atoms in total. The van der Waals surface area contributed by atoms with E-state index in [0.717, 1.165) is 10.4 Å². The van der Waals surface area contributed by atoms with Crippen LogP contribution in [0.3, 0.4) is 0 Å². The molecule has 0 bridgehead atoms. The summed E-state index contributed by atoms with van der Waals surface area (Å²) in [7, 11) is 1.37. The second-order valence-electron chi connectivity index (χ2n) is 3.08. The molecule has 0 aliphatic carbocycles. The van der Waals surface area contributed by atoms with Gasteiger partial charge in [-0.2, -0.15) is 0 Å². The fraction of sp³-hybridized carbons (Fsp3) is 0.154. The predicted molar refractivity (Wildman–Crippen MR) is 61.5 cm³/mol. The molecular weight excluding hydrogens is 188 g/mol. The first kappa shape index (κ1) is 11.2. The number of benzene rings is 1. The fourth-order valence-electron chi connectivity index (χ4n) is 1.22. The molecule has 1 aromatic carbocycles. The maximum Gasteiger partial charge on any atom is 0.337 e. The second kappa shape index (κ2) is 5.15. The van der Waals surface area contributed by atoms with E-state index >= 15 is 0 Å². The first-order chi connectivity index (χ1) is 7.19. The third-order valence-corrected chi connectivity index (χ3v) is 2.10. The molecule has 0 saturated carbocycles. The summed E-state index contributed by atoms with van der Waals surface area (Å²) in [4.78, 5) is 11.3. The van der Waals surface area contributed by atoms with Gasteiger partial charge < -0.3 is 4.74 Å². The van der Waals surface area contributed by atoms with Crippen LogP contribution in [-0.4, -0.2) is 13.1 Å². The first-order valence-corrected chi connectivity index (χ1v) is 4.69. The van der Waals surface area contributed by atoms with E-state index in [9.17, 15) is 4.79 Å². The molecule has 1 rings (SSSR count). The number of esters is 1. The molecule has 0 heterocycles. The highest BCUT2D eigenvalue weighted by molar-refractivity contribution is 5.97. The Morgan fingerprint density at radius 3 is 2.60 bits per heavy atom. The van der Waals surface area contributed by atoms with Crippen molar-refractivity contribution in [3.63, 3.8) is 0 Å². The van der Waals surface area contributed by atoms with E-state index in [4.69, 9.17) is 0 Å². The monoisotopic (exact) mass is 202 g/mol.